The first-order chi connectivity index (χ1) is 14.4. The Morgan fingerprint density at radius 1 is 1.07 bits per heavy atom. The Bertz CT molecular complexity index is 1000. The number of benzene rings is 2. The lowest BCUT2D eigenvalue weighted by atomic mass is 10.1. The maximum Gasteiger partial charge on any atom is 0.266 e. The Morgan fingerprint density at radius 3 is 2.40 bits per heavy atom. The van der Waals surface area contributed by atoms with Crippen molar-refractivity contribution in [1.82, 2.24) is 4.90 Å². The normalized spacial score (nSPS) is 19.4. The number of anilines is 2. The maximum absolute atomic E-state index is 12.8. The minimum absolute atomic E-state index is 0.00770. The van der Waals surface area contributed by atoms with Crippen LogP contribution in [0.4, 0.5) is 17.1 Å². The maximum atomic E-state index is 12.8. The molecule has 0 saturated carbocycles. The van der Waals surface area contributed by atoms with Crippen LogP contribution in [0.15, 0.2) is 52.4 Å². The van der Waals surface area contributed by atoms with Gasteiger partial charge in [0, 0.05) is 45.6 Å². The zero-order valence-corrected chi connectivity index (χ0v) is 18.9. The lowest BCUT2D eigenvalue weighted by Gasteiger charge is -2.18. The summed E-state index contributed by atoms with van der Waals surface area (Å²) in [5.41, 5.74) is 5.51. The Labute approximate surface area is 183 Å². The first-order valence-corrected chi connectivity index (χ1v) is 11.1. The molecule has 0 aromatic heterocycles. The van der Waals surface area contributed by atoms with Crippen molar-refractivity contribution < 1.29 is 4.79 Å². The first kappa shape index (κ1) is 20.5. The van der Waals surface area contributed by atoms with Gasteiger partial charge in [-0.05, 0) is 85.1 Å². The summed E-state index contributed by atoms with van der Waals surface area (Å²) in [6, 6.07) is 14.5. The average molecular weight is 421 g/mol. The molecule has 0 atom stereocenters. The summed E-state index contributed by atoms with van der Waals surface area (Å²) in [4.78, 5) is 24.3. The fraction of sp³-hybridized carbons (Fsp3) is 0.333. The number of carbonyl (C=O) groups excluding carboxylic acids is 1. The molecule has 2 aliphatic rings. The van der Waals surface area contributed by atoms with Crippen LogP contribution in [-0.2, 0) is 4.79 Å². The van der Waals surface area contributed by atoms with Gasteiger partial charge in [0.2, 0.25) is 0 Å². The van der Waals surface area contributed by atoms with Crippen molar-refractivity contribution in [3.8, 4) is 0 Å². The Kier molecular flexibility index (Phi) is 5.86. The third kappa shape index (κ3) is 4.24. The van der Waals surface area contributed by atoms with E-state index in [4.69, 9.17) is 0 Å². The molecule has 0 spiro atoms. The van der Waals surface area contributed by atoms with Crippen LogP contribution >= 0.6 is 11.8 Å². The highest BCUT2D eigenvalue weighted by Gasteiger charge is 2.30. The summed E-state index contributed by atoms with van der Waals surface area (Å²) in [7, 11) is 5.81. The van der Waals surface area contributed by atoms with Gasteiger partial charge in [-0.3, -0.25) is 9.69 Å². The standard InChI is InChI=1S/C24H28N4OS/c1-17-15-21(28-13-5-6-14-28)10-7-18(17)16-22-23(29)27(4)24(30-22)25-19-8-11-20(12-9-19)26(2)3/h7-12,15-16H,5-6,13-14H2,1-4H3/b22-16-,25-24?. The van der Waals surface area contributed by atoms with Crippen molar-refractivity contribution >= 4 is 46.0 Å². The molecule has 0 bridgehead atoms. The van der Waals surface area contributed by atoms with Gasteiger partial charge in [0.1, 0.15) is 0 Å². The second-order valence-corrected chi connectivity index (χ2v) is 9.02. The highest BCUT2D eigenvalue weighted by molar-refractivity contribution is 8.18. The molecule has 2 aromatic carbocycles. The number of hydrogen-bond acceptors (Lipinski definition) is 5. The molecule has 2 aliphatic heterocycles. The molecule has 0 radical (unpaired) electrons. The van der Waals surface area contributed by atoms with Gasteiger partial charge < -0.3 is 9.80 Å². The summed E-state index contributed by atoms with van der Waals surface area (Å²) in [6.45, 7) is 4.38. The second-order valence-electron chi connectivity index (χ2n) is 8.02. The molecule has 2 fully saturated rings. The molecular weight excluding hydrogens is 392 g/mol. The number of nitrogens with zero attached hydrogens (tertiary/aromatic N) is 4. The zero-order valence-electron chi connectivity index (χ0n) is 18.1. The lowest BCUT2D eigenvalue weighted by molar-refractivity contribution is -0.121. The van der Waals surface area contributed by atoms with E-state index in [2.05, 4.69) is 39.9 Å². The number of rotatable bonds is 4. The van der Waals surface area contributed by atoms with Crippen molar-refractivity contribution in [2.75, 3.05) is 44.0 Å². The molecule has 2 aromatic rings. The fourth-order valence-electron chi connectivity index (χ4n) is 3.72. The molecule has 30 heavy (non-hydrogen) atoms. The minimum atomic E-state index is -0.00770. The summed E-state index contributed by atoms with van der Waals surface area (Å²) in [6.07, 6.45) is 4.52. The molecule has 0 N–H and O–H groups in total. The third-order valence-electron chi connectivity index (χ3n) is 5.61. The van der Waals surface area contributed by atoms with Gasteiger partial charge in [-0.1, -0.05) is 6.07 Å². The summed E-state index contributed by atoms with van der Waals surface area (Å²) in [5.74, 6) is -0.00770. The van der Waals surface area contributed by atoms with Crippen LogP contribution in [0.25, 0.3) is 6.08 Å². The van der Waals surface area contributed by atoms with Gasteiger partial charge in [-0.2, -0.15) is 0 Å². The monoisotopic (exact) mass is 420 g/mol. The van der Waals surface area contributed by atoms with Crippen LogP contribution in [0.2, 0.25) is 0 Å². The van der Waals surface area contributed by atoms with Crippen molar-refractivity contribution in [3.63, 3.8) is 0 Å². The Morgan fingerprint density at radius 2 is 1.77 bits per heavy atom. The summed E-state index contributed by atoms with van der Waals surface area (Å²) >= 11 is 1.43. The van der Waals surface area contributed by atoms with E-state index < -0.39 is 0 Å². The van der Waals surface area contributed by atoms with Crippen LogP contribution in [0.5, 0.6) is 0 Å². The van der Waals surface area contributed by atoms with E-state index in [9.17, 15) is 4.79 Å². The van der Waals surface area contributed by atoms with Crippen LogP contribution in [0.3, 0.4) is 0 Å². The quantitative estimate of drug-likeness (QED) is 0.660. The predicted octanol–water partition coefficient (Wildman–Crippen LogP) is 4.90. The lowest BCUT2D eigenvalue weighted by Crippen LogP contribution is -2.23. The van der Waals surface area contributed by atoms with E-state index in [0.717, 1.165) is 30.0 Å². The third-order valence-corrected chi connectivity index (χ3v) is 6.67. The molecule has 0 unspecified atom stereocenters. The number of aliphatic imine (C=N–C) groups is 1. The van der Waals surface area contributed by atoms with Crippen LogP contribution in [0.1, 0.15) is 24.0 Å². The molecule has 2 heterocycles. The van der Waals surface area contributed by atoms with Gasteiger partial charge in [-0.25, -0.2) is 4.99 Å². The van der Waals surface area contributed by atoms with Gasteiger partial charge in [-0.15, -0.1) is 0 Å². The van der Waals surface area contributed by atoms with Crippen molar-refractivity contribution in [1.29, 1.82) is 0 Å². The largest absolute Gasteiger partial charge is 0.378 e. The predicted molar refractivity (Wildman–Crippen MR) is 129 cm³/mol. The van der Waals surface area contributed by atoms with E-state index in [1.54, 1.807) is 11.9 Å². The van der Waals surface area contributed by atoms with E-state index in [-0.39, 0.29) is 5.91 Å². The SMILES string of the molecule is Cc1cc(N2CCCC2)ccc1/C=C1\SC(=Nc2ccc(N(C)C)cc2)N(C)C1=O. The number of aryl methyl sites for hydroxylation is 1. The molecule has 5 nitrogen and oxygen atoms in total. The average Bonchev–Trinajstić information content (AvgIpc) is 3.35. The van der Waals surface area contributed by atoms with Crippen molar-refractivity contribution in [2.45, 2.75) is 19.8 Å². The van der Waals surface area contributed by atoms with Crippen molar-refractivity contribution in [3.05, 3.63) is 58.5 Å². The molecule has 156 valence electrons. The summed E-state index contributed by atoms with van der Waals surface area (Å²) < 4.78 is 0. The molecule has 6 heteroatoms. The first-order valence-electron chi connectivity index (χ1n) is 10.3. The number of amides is 1. The number of amidine groups is 1. The highest BCUT2D eigenvalue weighted by Crippen LogP contribution is 2.34. The molecule has 0 aliphatic carbocycles. The Hall–Kier alpha value is -2.73. The van der Waals surface area contributed by atoms with Gasteiger partial charge >= 0.3 is 0 Å². The molecular formula is C24H28N4OS. The van der Waals surface area contributed by atoms with E-state index in [1.165, 1.54) is 35.9 Å². The number of hydrogen-bond donors (Lipinski definition) is 0. The van der Waals surface area contributed by atoms with Crippen LogP contribution < -0.4 is 9.80 Å². The van der Waals surface area contributed by atoms with E-state index >= 15 is 0 Å². The second kappa shape index (κ2) is 8.56. The van der Waals surface area contributed by atoms with Gasteiger partial charge in [0.15, 0.2) is 5.17 Å². The number of thioether (sulfide) groups is 1. The van der Waals surface area contributed by atoms with Gasteiger partial charge in [0.05, 0.1) is 10.6 Å². The van der Waals surface area contributed by atoms with Crippen molar-refractivity contribution in [2.24, 2.45) is 4.99 Å². The minimum Gasteiger partial charge on any atom is -0.378 e. The zero-order chi connectivity index (χ0) is 21.3. The Balaban J connectivity index is 1.55. The number of carbonyl (C=O) groups is 1. The van der Waals surface area contributed by atoms with Crippen LogP contribution in [0, 0.1) is 6.92 Å². The van der Waals surface area contributed by atoms with Crippen LogP contribution in [-0.4, -0.2) is 50.2 Å². The van der Waals surface area contributed by atoms with Gasteiger partial charge in [0.25, 0.3) is 5.91 Å². The molecule has 1 amide bonds. The van der Waals surface area contributed by atoms with E-state index in [1.807, 2.05) is 44.4 Å². The topological polar surface area (TPSA) is 39.1 Å². The molecule has 2 saturated heterocycles. The summed E-state index contributed by atoms with van der Waals surface area (Å²) in [5, 5.41) is 0.704. The highest BCUT2D eigenvalue weighted by atomic mass is 32.2. The smallest absolute Gasteiger partial charge is 0.266 e. The molecule has 4 rings (SSSR count). The number of likely N-dealkylation sites (N-methyl/N-ethyl adjacent to an activating group) is 1. The fourth-order valence-corrected chi connectivity index (χ4v) is 4.70. The van der Waals surface area contributed by atoms with E-state index in [0.29, 0.717) is 10.1 Å².